The van der Waals surface area contributed by atoms with Crippen LogP contribution in [0, 0.1) is 0 Å². The molecule has 0 spiro atoms. The third-order valence-electron chi connectivity index (χ3n) is 3.39. The molecular formula is C11H24N2. The fourth-order valence-corrected chi connectivity index (χ4v) is 2.32. The molecule has 0 radical (unpaired) electrons. The van der Waals surface area contributed by atoms with Gasteiger partial charge in [-0.15, -0.1) is 0 Å². The van der Waals surface area contributed by atoms with Crippen molar-refractivity contribution in [2.24, 2.45) is 0 Å². The Bertz CT molecular complexity index is 156. The molecule has 1 saturated heterocycles. The molecule has 1 rings (SSSR count). The first-order valence-electron chi connectivity index (χ1n) is 5.52. The Labute approximate surface area is 82.9 Å². The molecule has 78 valence electrons. The minimum Gasteiger partial charge on any atom is -0.302 e. The van der Waals surface area contributed by atoms with Crippen LogP contribution in [0.4, 0.5) is 0 Å². The molecule has 0 bridgehead atoms. The highest BCUT2D eigenvalue weighted by Gasteiger charge is 2.31. The average molecular weight is 184 g/mol. The summed E-state index contributed by atoms with van der Waals surface area (Å²) in [5, 5.41) is 0. The lowest BCUT2D eigenvalue weighted by Crippen LogP contribution is -2.37. The summed E-state index contributed by atoms with van der Waals surface area (Å²) in [7, 11) is 2.24. The Hall–Kier alpha value is -0.0800. The fourth-order valence-electron chi connectivity index (χ4n) is 2.32. The molecule has 0 aliphatic carbocycles. The van der Waals surface area contributed by atoms with E-state index >= 15 is 0 Å². The van der Waals surface area contributed by atoms with Crippen molar-refractivity contribution in [3.8, 4) is 0 Å². The lowest BCUT2D eigenvalue weighted by atomic mass is 10.2. The zero-order valence-corrected chi connectivity index (χ0v) is 9.75. The van der Waals surface area contributed by atoms with Crippen molar-refractivity contribution in [2.75, 3.05) is 20.1 Å². The molecule has 1 aliphatic heterocycles. The molecule has 1 fully saturated rings. The number of rotatable bonds is 3. The molecule has 13 heavy (non-hydrogen) atoms. The Balaban J connectivity index is 2.49. The van der Waals surface area contributed by atoms with Crippen molar-refractivity contribution in [3.63, 3.8) is 0 Å². The van der Waals surface area contributed by atoms with Crippen LogP contribution in [0.2, 0.25) is 0 Å². The van der Waals surface area contributed by atoms with Gasteiger partial charge in [-0.2, -0.15) is 0 Å². The molecular weight excluding hydrogens is 160 g/mol. The summed E-state index contributed by atoms with van der Waals surface area (Å²) in [4.78, 5) is 5.08. The van der Waals surface area contributed by atoms with Gasteiger partial charge in [-0.05, 0) is 40.8 Å². The zero-order valence-electron chi connectivity index (χ0n) is 9.75. The van der Waals surface area contributed by atoms with E-state index in [0.29, 0.717) is 6.04 Å². The maximum absolute atomic E-state index is 2.61. The lowest BCUT2D eigenvalue weighted by molar-refractivity contribution is 0.197. The van der Waals surface area contributed by atoms with Crippen LogP contribution >= 0.6 is 0 Å². The number of hydrogen-bond acceptors (Lipinski definition) is 2. The molecule has 1 heterocycles. The van der Waals surface area contributed by atoms with Crippen LogP contribution in [-0.4, -0.2) is 48.1 Å². The van der Waals surface area contributed by atoms with Crippen LogP contribution in [0.15, 0.2) is 0 Å². The van der Waals surface area contributed by atoms with Gasteiger partial charge in [0.05, 0.1) is 0 Å². The first-order chi connectivity index (χ1) is 6.06. The maximum atomic E-state index is 2.61. The van der Waals surface area contributed by atoms with Gasteiger partial charge in [-0.3, -0.25) is 4.90 Å². The Kier molecular flexibility index (Phi) is 3.74. The Morgan fingerprint density at radius 1 is 1.46 bits per heavy atom. The SMILES string of the molecule is CCN(C)[C@@H]1C[C@H](C)N(C(C)C)C1. The Morgan fingerprint density at radius 2 is 2.08 bits per heavy atom. The Morgan fingerprint density at radius 3 is 2.46 bits per heavy atom. The van der Waals surface area contributed by atoms with E-state index in [2.05, 4.69) is 44.5 Å². The topological polar surface area (TPSA) is 6.48 Å². The minimum absolute atomic E-state index is 0.699. The largest absolute Gasteiger partial charge is 0.302 e. The fraction of sp³-hybridized carbons (Fsp3) is 1.00. The van der Waals surface area contributed by atoms with Crippen molar-refractivity contribution in [2.45, 2.75) is 52.2 Å². The summed E-state index contributed by atoms with van der Waals surface area (Å²) in [6.07, 6.45) is 1.34. The first-order valence-corrected chi connectivity index (χ1v) is 5.52. The van der Waals surface area contributed by atoms with Gasteiger partial charge in [-0.25, -0.2) is 0 Å². The molecule has 0 aromatic heterocycles. The summed E-state index contributed by atoms with van der Waals surface area (Å²) in [6, 6.07) is 2.24. The molecule has 0 unspecified atom stereocenters. The van der Waals surface area contributed by atoms with E-state index in [1.165, 1.54) is 19.5 Å². The molecule has 0 aromatic rings. The van der Waals surface area contributed by atoms with Crippen molar-refractivity contribution in [3.05, 3.63) is 0 Å². The molecule has 2 nitrogen and oxygen atoms in total. The van der Waals surface area contributed by atoms with Gasteiger partial charge >= 0.3 is 0 Å². The molecule has 1 aliphatic rings. The molecule has 0 amide bonds. The number of hydrogen-bond donors (Lipinski definition) is 0. The van der Waals surface area contributed by atoms with Gasteiger partial charge < -0.3 is 4.90 Å². The summed E-state index contributed by atoms with van der Waals surface area (Å²) >= 11 is 0. The van der Waals surface area contributed by atoms with Crippen LogP contribution in [0.25, 0.3) is 0 Å². The summed E-state index contributed by atoms with van der Waals surface area (Å²) in [6.45, 7) is 11.6. The van der Waals surface area contributed by atoms with Crippen molar-refractivity contribution in [1.82, 2.24) is 9.80 Å². The highest BCUT2D eigenvalue weighted by atomic mass is 15.3. The highest BCUT2D eigenvalue weighted by molar-refractivity contribution is 4.88. The zero-order chi connectivity index (χ0) is 10.0. The van der Waals surface area contributed by atoms with E-state index in [-0.39, 0.29) is 0 Å². The van der Waals surface area contributed by atoms with E-state index in [9.17, 15) is 0 Å². The van der Waals surface area contributed by atoms with Crippen LogP contribution < -0.4 is 0 Å². The number of likely N-dealkylation sites (N-methyl/N-ethyl adjacent to an activating group) is 1. The maximum Gasteiger partial charge on any atom is 0.0235 e. The molecule has 0 saturated carbocycles. The second kappa shape index (κ2) is 4.43. The predicted molar refractivity (Wildman–Crippen MR) is 58.0 cm³/mol. The van der Waals surface area contributed by atoms with Crippen molar-refractivity contribution in [1.29, 1.82) is 0 Å². The van der Waals surface area contributed by atoms with Gasteiger partial charge in [0.25, 0.3) is 0 Å². The summed E-state index contributed by atoms with van der Waals surface area (Å²) < 4.78 is 0. The van der Waals surface area contributed by atoms with Gasteiger partial charge in [0, 0.05) is 24.7 Å². The van der Waals surface area contributed by atoms with Crippen molar-refractivity contribution >= 4 is 0 Å². The van der Waals surface area contributed by atoms with Crippen LogP contribution in [0.1, 0.15) is 34.1 Å². The van der Waals surface area contributed by atoms with Gasteiger partial charge in [0.1, 0.15) is 0 Å². The monoisotopic (exact) mass is 184 g/mol. The molecule has 0 aromatic carbocycles. The third-order valence-corrected chi connectivity index (χ3v) is 3.39. The molecule has 2 atom stereocenters. The molecule has 0 N–H and O–H groups in total. The highest BCUT2D eigenvalue weighted by Crippen LogP contribution is 2.22. The second-order valence-electron chi connectivity index (χ2n) is 4.60. The summed E-state index contributed by atoms with van der Waals surface area (Å²) in [5.41, 5.74) is 0. The van der Waals surface area contributed by atoms with E-state index < -0.39 is 0 Å². The number of nitrogens with zero attached hydrogens (tertiary/aromatic N) is 2. The minimum atomic E-state index is 0.699. The quantitative estimate of drug-likeness (QED) is 0.660. The average Bonchev–Trinajstić information content (AvgIpc) is 2.46. The normalized spacial score (nSPS) is 30.7. The smallest absolute Gasteiger partial charge is 0.0235 e. The van der Waals surface area contributed by atoms with Gasteiger partial charge in [0.15, 0.2) is 0 Å². The third kappa shape index (κ3) is 2.44. The van der Waals surface area contributed by atoms with E-state index in [1.54, 1.807) is 0 Å². The predicted octanol–water partition coefficient (Wildman–Crippen LogP) is 1.81. The van der Waals surface area contributed by atoms with E-state index in [4.69, 9.17) is 0 Å². The van der Waals surface area contributed by atoms with Gasteiger partial charge in [-0.1, -0.05) is 6.92 Å². The van der Waals surface area contributed by atoms with Crippen LogP contribution in [0.3, 0.4) is 0 Å². The first kappa shape index (κ1) is 11.0. The number of likely N-dealkylation sites (tertiary alicyclic amines) is 1. The van der Waals surface area contributed by atoms with Crippen LogP contribution in [0.5, 0.6) is 0 Å². The standard InChI is InChI=1S/C11H24N2/c1-6-12(5)11-7-10(4)13(8-11)9(2)3/h9-11H,6-8H2,1-5H3/t10-,11+/m0/s1. The van der Waals surface area contributed by atoms with Gasteiger partial charge in [0.2, 0.25) is 0 Å². The molecule has 2 heteroatoms. The van der Waals surface area contributed by atoms with E-state index in [1.807, 2.05) is 0 Å². The van der Waals surface area contributed by atoms with E-state index in [0.717, 1.165) is 12.1 Å². The van der Waals surface area contributed by atoms with Crippen LogP contribution in [-0.2, 0) is 0 Å². The second-order valence-corrected chi connectivity index (χ2v) is 4.60. The van der Waals surface area contributed by atoms with Crippen molar-refractivity contribution < 1.29 is 0 Å². The summed E-state index contributed by atoms with van der Waals surface area (Å²) in [5.74, 6) is 0. The lowest BCUT2D eigenvalue weighted by Gasteiger charge is -2.26.